The minimum Gasteiger partial charge on any atom is -0.392 e. The summed E-state index contributed by atoms with van der Waals surface area (Å²) in [7, 11) is 0. The first-order valence-corrected chi connectivity index (χ1v) is 3.82. The normalized spacial score (nSPS) is 51.5. The first kappa shape index (κ1) is 9.37. The minimum absolute atomic E-state index is 0.526. The molecule has 6 heteroatoms. The second-order valence-corrected chi connectivity index (χ2v) is 3.73. The van der Waals surface area contributed by atoms with Gasteiger partial charge in [0, 0.05) is 0 Å². The van der Waals surface area contributed by atoms with Gasteiger partial charge in [0.1, 0.15) is 12.2 Å². The number of hydrogen-bond acceptors (Lipinski definition) is 5. The van der Waals surface area contributed by atoms with Crippen LogP contribution in [0.15, 0.2) is 0 Å². The molecule has 0 aromatic carbocycles. The fraction of sp³-hybridized carbons (Fsp3) is 1.00. The van der Waals surface area contributed by atoms with Crippen molar-refractivity contribution in [1.29, 1.82) is 0 Å². The maximum Gasteiger partial charge on any atom is 0.185 e. The third kappa shape index (κ3) is 1.42. The largest absolute Gasteiger partial charge is 0.392 e. The zero-order valence-corrected chi connectivity index (χ0v) is 7.10. The molecule has 4 N–H and O–H groups in total. The van der Waals surface area contributed by atoms with Gasteiger partial charge in [-0.05, 0) is 15.9 Å². The van der Waals surface area contributed by atoms with Gasteiger partial charge in [0.15, 0.2) is 10.8 Å². The van der Waals surface area contributed by atoms with E-state index < -0.39 is 29.6 Å². The van der Waals surface area contributed by atoms with E-state index in [1.54, 1.807) is 0 Å². The second kappa shape index (κ2) is 2.96. The topological polar surface area (TPSA) is 90.2 Å². The Morgan fingerprint density at radius 2 is 1.91 bits per heavy atom. The summed E-state index contributed by atoms with van der Waals surface area (Å²) in [5, 5.41) is 35.7. The van der Waals surface area contributed by atoms with Gasteiger partial charge in [-0.3, -0.25) is 0 Å². The van der Waals surface area contributed by atoms with Crippen molar-refractivity contribution in [2.75, 3.05) is 6.61 Å². The van der Waals surface area contributed by atoms with Crippen LogP contribution < -0.4 is 0 Å². The molecule has 0 spiro atoms. The van der Waals surface area contributed by atoms with Crippen molar-refractivity contribution in [1.82, 2.24) is 0 Å². The van der Waals surface area contributed by atoms with Gasteiger partial charge < -0.3 is 25.2 Å². The lowest BCUT2D eigenvalue weighted by molar-refractivity contribution is -0.140. The monoisotopic (exact) mass is 228 g/mol. The van der Waals surface area contributed by atoms with Crippen LogP contribution in [0.1, 0.15) is 0 Å². The number of aliphatic hydroxyl groups is 4. The summed E-state index contributed by atoms with van der Waals surface area (Å²) in [5.41, 5.74) is 0. The molecule has 1 saturated heterocycles. The van der Waals surface area contributed by atoms with E-state index >= 15 is 0 Å². The van der Waals surface area contributed by atoms with Gasteiger partial charge in [-0.2, -0.15) is 0 Å². The lowest BCUT2D eigenvalue weighted by atomic mass is 10.1. The van der Waals surface area contributed by atoms with Gasteiger partial charge in [0.05, 0.1) is 6.61 Å². The minimum atomic E-state index is -1.46. The highest BCUT2D eigenvalue weighted by molar-refractivity contribution is 9.10. The van der Waals surface area contributed by atoms with Crippen LogP contribution in [0.2, 0.25) is 0 Å². The molecule has 66 valence electrons. The Morgan fingerprint density at radius 1 is 1.36 bits per heavy atom. The number of alkyl halides is 1. The quantitative estimate of drug-likeness (QED) is 0.396. The van der Waals surface area contributed by atoms with Crippen LogP contribution in [0.5, 0.6) is 0 Å². The molecule has 0 radical (unpaired) electrons. The Hall–Kier alpha value is 0.280. The van der Waals surface area contributed by atoms with Crippen LogP contribution in [-0.2, 0) is 4.74 Å². The van der Waals surface area contributed by atoms with E-state index in [0.717, 1.165) is 0 Å². The van der Waals surface area contributed by atoms with E-state index in [9.17, 15) is 0 Å². The summed E-state index contributed by atoms with van der Waals surface area (Å²) in [6.45, 7) is -0.526. The van der Waals surface area contributed by atoms with Crippen molar-refractivity contribution in [3.8, 4) is 0 Å². The summed E-state index contributed by atoms with van der Waals surface area (Å²) in [4.78, 5) is 0. The van der Waals surface area contributed by atoms with E-state index in [0.29, 0.717) is 0 Å². The van der Waals surface area contributed by atoms with E-state index in [-0.39, 0.29) is 0 Å². The lowest BCUT2D eigenvalue weighted by Gasteiger charge is -2.21. The van der Waals surface area contributed by atoms with E-state index in [1.165, 1.54) is 0 Å². The molecule has 0 aromatic rings. The van der Waals surface area contributed by atoms with Gasteiger partial charge in [-0.25, -0.2) is 0 Å². The molecule has 1 rings (SSSR count). The molecule has 4 atom stereocenters. The third-order valence-corrected chi connectivity index (χ3v) is 2.50. The molecule has 0 saturated carbocycles. The Labute approximate surface area is 71.4 Å². The zero-order valence-electron chi connectivity index (χ0n) is 5.51. The van der Waals surface area contributed by atoms with Gasteiger partial charge >= 0.3 is 0 Å². The molecule has 11 heavy (non-hydrogen) atoms. The van der Waals surface area contributed by atoms with Crippen molar-refractivity contribution in [2.24, 2.45) is 0 Å². The SMILES string of the molecule is OC[C@@]1(Br)O[C@@H](O)[C@H](O)[C@@H]1O. The lowest BCUT2D eigenvalue weighted by Crippen LogP contribution is -2.40. The van der Waals surface area contributed by atoms with Crippen LogP contribution in [0.25, 0.3) is 0 Å². The summed E-state index contributed by atoms with van der Waals surface area (Å²) in [6, 6.07) is 0. The van der Waals surface area contributed by atoms with Crippen LogP contribution in [0.3, 0.4) is 0 Å². The van der Waals surface area contributed by atoms with Crippen LogP contribution >= 0.6 is 15.9 Å². The molecule has 1 aliphatic rings. The van der Waals surface area contributed by atoms with Crippen molar-refractivity contribution < 1.29 is 25.2 Å². The predicted molar refractivity (Wildman–Crippen MR) is 37.8 cm³/mol. The smallest absolute Gasteiger partial charge is 0.185 e. The molecule has 1 fully saturated rings. The Balaban J connectivity index is 2.73. The first-order valence-electron chi connectivity index (χ1n) is 3.03. The fourth-order valence-electron chi connectivity index (χ4n) is 0.882. The molecular formula is C5H9BrO5. The summed E-state index contributed by atoms with van der Waals surface area (Å²) in [6.07, 6.45) is -4.18. The van der Waals surface area contributed by atoms with Crippen LogP contribution in [0, 0.1) is 0 Å². The molecular weight excluding hydrogens is 220 g/mol. The Kier molecular flexibility index (Phi) is 2.53. The molecule has 0 bridgehead atoms. The highest BCUT2D eigenvalue weighted by Gasteiger charge is 2.52. The molecule has 0 amide bonds. The van der Waals surface area contributed by atoms with E-state index in [1.807, 2.05) is 0 Å². The molecule has 1 aliphatic heterocycles. The molecule has 0 unspecified atom stereocenters. The predicted octanol–water partition coefficient (Wildman–Crippen LogP) is -1.86. The standard InChI is InChI=1S/C5H9BrO5/c6-5(1-7)3(9)2(8)4(10)11-5/h2-4,7-10H,1H2/t2-,3+,4-,5-/m1/s1. The molecule has 0 aromatic heterocycles. The van der Waals surface area contributed by atoms with Gasteiger partial charge in [-0.15, -0.1) is 0 Å². The first-order chi connectivity index (χ1) is 5.01. The van der Waals surface area contributed by atoms with Crippen LogP contribution in [-0.4, -0.2) is 50.0 Å². The maximum atomic E-state index is 9.15. The molecule has 1 heterocycles. The number of hydrogen-bond donors (Lipinski definition) is 4. The van der Waals surface area contributed by atoms with Crippen molar-refractivity contribution in [2.45, 2.75) is 23.0 Å². The Morgan fingerprint density at radius 3 is 2.09 bits per heavy atom. The highest BCUT2D eigenvalue weighted by atomic mass is 79.9. The second-order valence-electron chi connectivity index (χ2n) is 2.39. The molecule has 0 aliphatic carbocycles. The third-order valence-electron chi connectivity index (χ3n) is 1.59. The van der Waals surface area contributed by atoms with Gasteiger partial charge in [-0.1, -0.05) is 0 Å². The number of rotatable bonds is 1. The number of halogens is 1. The van der Waals surface area contributed by atoms with E-state index in [2.05, 4.69) is 20.7 Å². The fourth-order valence-corrected chi connectivity index (χ4v) is 1.34. The van der Waals surface area contributed by atoms with Crippen molar-refractivity contribution in [3.63, 3.8) is 0 Å². The van der Waals surface area contributed by atoms with Crippen molar-refractivity contribution in [3.05, 3.63) is 0 Å². The van der Waals surface area contributed by atoms with E-state index in [4.69, 9.17) is 20.4 Å². The average Bonchev–Trinajstić information content (AvgIpc) is 2.17. The van der Waals surface area contributed by atoms with Gasteiger partial charge in [0.2, 0.25) is 0 Å². The summed E-state index contributed by atoms with van der Waals surface area (Å²) >= 11 is 2.85. The van der Waals surface area contributed by atoms with Crippen LogP contribution in [0.4, 0.5) is 0 Å². The van der Waals surface area contributed by atoms with Crippen molar-refractivity contribution >= 4 is 15.9 Å². The summed E-state index contributed by atoms with van der Waals surface area (Å²) < 4.78 is 3.21. The zero-order chi connectivity index (χ0) is 8.65. The molecule has 5 nitrogen and oxygen atoms in total. The highest BCUT2D eigenvalue weighted by Crippen LogP contribution is 2.34. The number of ether oxygens (including phenoxy) is 1. The van der Waals surface area contributed by atoms with Gasteiger partial charge in [0.25, 0.3) is 0 Å². The summed E-state index contributed by atoms with van der Waals surface area (Å²) in [5.74, 6) is 0. The number of aliphatic hydroxyl groups excluding tert-OH is 4. The Bertz CT molecular complexity index is 154. The average molecular weight is 229 g/mol. The maximum absolute atomic E-state index is 9.15.